The summed E-state index contributed by atoms with van der Waals surface area (Å²) in [4.78, 5) is 3.48. The molecule has 0 aliphatic heterocycles. The van der Waals surface area contributed by atoms with Crippen molar-refractivity contribution in [2.45, 2.75) is 6.43 Å². The summed E-state index contributed by atoms with van der Waals surface area (Å²) >= 11 is 0. The Hall–Kier alpha value is -1.98. The summed E-state index contributed by atoms with van der Waals surface area (Å²) in [6, 6.07) is 5.96. The monoisotopic (exact) mass is 212 g/mol. The Morgan fingerprint density at radius 1 is 1.33 bits per heavy atom. The van der Waals surface area contributed by atoms with Crippen LogP contribution in [0.25, 0.3) is 11.4 Å². The van der Waals surface area contributed by atoms with Crippen molar-refractivity contribution in [1.82, 2.24) is 10.1 Å². The van der Waals surface area contributed by atoms with Crippen LogP contribution in [0.3, 0.4) is 0 Å². The fraction of sp³-hybridized carbons (Fsp3) is 0.111. The second-order valence-corrected chi connectivity index (χ2v) is 2.81. The van der Waals surface area contributed by atoms with E-state index in [9.17, 15) is 8.78 Å². The van der Waals surface area contributed by atoms with Crippen LogP contribution >= 0.6 is 0 Å². The third-order valence-electron chi connectivity index (χ3n) is 1.73. The highest BCUT2D eigenvalue weighted by Gasteiger charge is 2.17. The number of aromatic nitrogens is 2. The predicted octanol–water partition coefficient (Wildman–Crippen LogP) is 2.38. The molecule has 0 unspecified atom stereocenters. The van der Waals surface area contributed by atoms with E-state index in [-0.39, 0.29) is 11.6 Å². The number of hydrogen-bond acceptors (Lipinski definition) is 4. The van der Waals surface area contributed by atoms with E-state index in [1.807, 2.05) is 0 Å². The first-order chi connectivity index (χ1) is 7.16. The second-order valence-electron chi connectivity index (χ2n) is 2.81. The largest absolute Gasteiger partial charge is 0.508 e. The Kier molecular flexibility index (Phi) is 2.32. The van der Waals surface area contributed by atoms with Gasteiger partial charge in [-0.1, -0.05) is 17.3 Å². The third kappa shape index (κ3) is 1.93. The molecule has 78 valence electrons. The van der Waals surface area contributed by atoms with Crippen molar-refractivity contribution in [3.63, 3.8) is 0 Å². The molecular formula is C9H6F2N2O2. The van der Waals surface area contributed by atoms with Crippen LogP contribution in [-0.4, -0.2) is 15.2 Å². The van der Waals surface area contributed by atoms with Gasteiger partial charge in [0, 0.05) is 5.56 Å². The van der Waals surface area contributed by atoms with Gasteiger partial charge >= 0.3 is 6.43 Å². The maximum atomic E-state index is 12.1. The van der Waals surface area contributed by atoms with Crippen molar-refractivity contribution in [2.24, 2.45) is 0 Å². The average Bonchev–Trinajstić information content (AvgIpc) is 2.66. The van der Waals surface area contributed by atoms with E-state index >= 15 is 0 Å². The molecule has 0 aliphatic rings. The summed E-state index contributed by atoms with van der Waals surface area (Å²) in [5.41, 5.74) is 0.422. The van der Waals surface area contributed by atoms with Gasteiger partial charge in [0.15, 0.2) is 0 Å². The van der Waals surface area contributed by atoms with Crippen molar-refractivity contribution < 1.29 is 18.4 Å². The lowest BCUT2D eigenvalue weighted by molar-refractivity contribution is 0.106. The first kappa shape index (κ1) is 9.57. The molecule has 0 saturated carbocycles. The molecule has 6 heteroatoms. The van der Waals surface area contributed by atoms with Gasteiger partial charge < -0.3 is 9.63 Å². The highest BCUT2D eigenvalue weighted by molar-refractivity contribution is 5.56. The Balaban J connectivity index is 2.37. The molecule has 1 N–H and O–H groups in total. The summed E-state index contributed by atoms with van der Waals surface area (Å²) in [6.07, 6.45) is -2.79. The minimum Gasteiger partial charge on any atom is -0.508 e. The van der Waals surface area contributed by atoms with Crippen LogP contribution in [0.2, 0.25) is 0 Å². The van der Waals surface area contributed by atoms with E-state index in [0.29, 0.717) is 5.56 Å². The summed E-state index contributed by atoms with van der Waals surface area (Å²) in [7, 11) is 0. The van der Waals surface area contributed by atoms with Crippen LogP contribution in [0.4, 0.5) is 8.78 Å². The summed E-state index contributed by atoms with van der Waals surface area (Å²) in [6.45, 7) is 0. The first-order valence-corrected chi connectivity index (χ1v) is 4.08. The van der Waals surface area contributed by atoms with Gasteiger partial charge in [-0.05, 0) is 12.1 Å². The molecule has 0 atom stereocenters. The zero-order valence-electron chi connectivity index (χ0n) is 7.39. The SMILES string of the molecule is Oc1cccc(-c2noc(C(F)F)n2)c1. The number of hydrogen-bond donors (Lipinski definition) is 1. The Labute approximate surface area is 83.2 Å². The molecular weight excluding hydrogens is 206 g/mol. The number of benzene rings is 1. The number of alkyl halides is 2. The molecule has 1 aromatic heterocycles. The van der Waals surface area contributed by atoms with Crippen LogP contribution in [0.5, 0.6) is 5.75 Å². The van der Waals surface area contributed by atoms with Gasteiger partial charge in [-0.3, -0.25) is 0 Å². The summed E-state index contributed by atoms with van der Waals surface area (Å²) in [5, 5.41) is 12.5. The Morgan fingerprint density at radius 3 is 2.73 bits per heavy atom. The molecule has 4 nitrogen and oxygen atoms in total. The lowest BCUT2D eigenvalue weighted by Crippen LogP contribution is -1.84. The molecule has 0 saturated heterocycles. The van der Waals surface area contributed by atoms with Crippen LogP contribution in [0.15, 0.2) is 28.8 Å². The zero-order valence-corrected chi connectivity index (χ0v) is 7.39. The van der Waals surface area contributed by atoms with Gasteiger partial charge in [-0.2, -0.15) is 13.8 Å². The van der Waals surface area contributed by atoms with Crippen LogP contribution in [0, 0.1) is 0 Å². The smallest absolute Gasteiger partial charge is 0.315 e. The number of halogens is 2. The predicted molar refractivity (Wildman–Crippen MR) is 46.4 cm³/mol. The highest BCUT2D eigenvalue weighted by Crippen LogP contribution is 2.23. The van der Waals surface area contributed by atoms with Gasteiger partial charge in [-0.25, -0.2) is 0 Å². The molecule has 0 fully saturated rings. The molecule has 0 bridgehead atoms. The summed E-state index contributed by atoms with van der Waals surface area (Å²) in [5.74, 6) is -0.689. The van der Waals surface area contributed by atoms with Crippen molar-refractivity contribution in [1.29, 1.82) is 0 Å². The minimum atomic E-state index is -2.79. The number of phenolic OH excluding ortho intramolecular Hbond substituents is 1. The molecule has 1 heterocycles. The molecule has 0 aliphatic carbocycles. The number of rotatable bonds is 2. The molecule has 0 radical (unpaired) electrons. The van der Waals surface area contributed by atoms with Gasteiger partial charge in [0.2, 0.25) is 5.82 Å². The van der Waals surface area contributed by atoms with Crippen LogP contribution in [-0.2, 0) is 0 Å². The highest BCUT2D eigenvalue weighted by atomic mass is 19.3. The van der Waals surface area contributed by atoms with E-state index in [2.05, 4.69) is 14.7 Å². The van der Waals surface area contributed by atoms with E-state index in [1.54, 1.807) is 12.1 Å². The number of nitrogens with zero attached hydrogens (tertiary/aromatic N) is 2. The van der Waals surface area contributed by atoms with Crippen molar-refractivity contribution in [3.05, 3.63) is 30.2 Å². The first-order valence-electron chi connectivity index (χ1n) is 4.08. The molecule has 1 aromatic carbocycles. The fourth-order valence-corrected chi connectivity index (χ4v) is 1.09. The summed E-state index contributed by atoms with van der Waals surface area (Å²) < 4.78 is 28.6. The van der Waals surface area contributed by atoms with Gasteiger partial charge in [0.1, 0.15) is 5.75 Å². The topological polar surface area (TPSA) is 59.2 Å². The molecule has 0 spiro atoms. The Morgan fingerprint density at radius 2 is 2.13 bits per heavy atom. The standard InChI is InChI=1S/C9H6F2N2O2/c10-7(11)9-12-8(13-15-9)5-2-1-3-6(14)4-5/h1-4,7,14H. The maximum Gasteiger partial charge on any atom is 0.315 e. The molecule has 2 rings (SSSR count). The average molecular weight is 212 g/mol. The van der Waals surface area contributed by atoms with Gasteiger partial charge in [-0.15, -0.1) is 0 Å². The van der Waals surface area contributed by atoms with Crippen molar-refractivity contribution >= 4 is 0 Å². The molecule has 2 aromatic rings. The van der Waals surface area contributed by atoms with Gasteiger partial charge in [0.25, 0.3) is 5.89 Å². The van der Waals surface area contributed by atoms with Gasteiger partial charge in [0.05, 0.1) is 0 Å². The molecule has 0 amide bonds. The normalized spacial score (nSPS) is 10.9. The van der Waals surface area contributed by atoms with E-state index < -0.39 is 12.3 Å². The van der Waals surface area contributed by atoms with Crippen LogP contribution in [0.1, 0.15) is 12.3 Å². The fourth-order valence-electron chi connectivity index (χ4n) is 1.09. The van der Waals surface area contributed by atoms with E-state index in [1.165, 1.54) is 12.1 Å². The third-order valence-corrected chi connectivity index (χ3v) is 1.73. The zero-order chi connectivity index (χ0) is 10.8. The number of phenols is 1. The lowest BCUT2D eigenvalue weighted by Gasteiger charge is -1.94. The lowest BCUT2D eigenvalue weighted by atomic mass is 10.2. The van der Waals surface area contributed by atoms with E-state index in [4.69, 9.17) is 5.11 Å². The Bertz CT molecular complexity index is 471. The maximum absolute atomic E-state index is 12.1. The second kappa shape index (κ2) is 3.64. The molecule has 15 heavy (non-hydrogen) atoms. The van der Waals surface area contributed by atoms with Crippen molar-refractivity contribution in [2.75, 3.05) is 0 Å². The van der Waals surface area contributed by atoms with E-state index in [0.717, 1.165) is 0 Å². The number of aromatic hydroxyl groups is 1. The van der Waals surface area contributed by atoms with Crippen molar-refractivity contribution in [3.8, 4) is 17.1 Å². The quantitative estimate of drug-likeness (QED) is 0.830. The minimum absolute atomic E-state index is 0.0101. The van der Waals surface area contributed by atoms with Crippen LogP contribution < -0.4 is 0 Å².